The number of thioether (sulfide) groups is 1. The molecule has 1 amide bonds. The SMILES string of the molecule is CN(C(=O)CC1CSCCN1)C1CCOC1. The van der Waals surface area contributed by atoms with Crippen LogP contribution in [0.5, 0.6) is 0 Å². The van der Waals surface area contributed by atoms with Crippen LogP contribution in [0, 0.1) is 0 Å². The molecule has 0 aliphatic carbocycles. The van der Waals surface area contributed by atoms with Crippen molar-refractivity contribution in [1.29, 1.82) is 0 Å². The number of hydrogen-bond acceptors (Lipinski definition) is 4. The first-order valence-corrected chi connectivity index (χ1v) is 7.07. The first-order valence-electron chi connectivity index (χ1n) is 5.92. The van der Waals surface area contributed by atoms with Crippen LogP contribution in [-0.4, -0.2) is 61.2 Å². The van der Waals surface area contributed by atoms with E-state index in [0.29, 0.717) is 25.1 Å². The van der Waals surface area contributed by atoms with Crippen LogP contribution in [0.3, 0.4) is 0 Å². The van der Waals surface area contributed by atoms with Gasteiger partial charge in [0.05, 0.1) is 12.6 Å². The summed E-state index contributed by atoms with van der Waals surface area (Å²) < 4.78 is 5.30. The van der Waals surface area contributed by atoms with Crippen LogP contribution in [0.1, 0.15) is 12.8 Å². The summed E-state index contributed by atoms with van der Waals surface area (Å²) >= 11 is 1.93. The summed E-state index contributed by atoms with van der Waals surface area (Å²) in [6.07, 6.45) is 1.61. The Kier molecular flexibility index (Phi) is 4.49. The number of likely N-dealkylation sites (N-methyl/N-ethyl adjacent to an activating group) is 1. The number of hydrogen-bond donors (Lipinski definition) is 1. The molecule has 2 heterocycles. The van der Waals surface area contributed by atoms with Crippen molar-refractivity contribution < 1.29 is 9.53 Å². The second-order valence-electron chi connectivity index (χ2n) is 4.45. The van der Waals surface area contributed by atoms with E-state index in [4.69, 9.17) is 4.74 Å². The molecule has 4 nitrogen and oxygen atoms in total. The molecule has 1 N–H and O–H groups in total. The van der Waals surface area contributed by atoms with Gasteiger partial charge >= 0.3 is 0 Å². The van der Waals surface area contributed by atoms with Crippen LogP contribution in [0.2, 0.25) is 0 Å². The zero-order chi connectivity index (χ0) is 11.4. The van der Waals surface area contributed by atoms with Gasteiger partial charge in [0.15, 0.2) is 0 Å². The third-order valence-electron chi connectivity index (χ3n) is 3.27. The zero-order valence-electron chi connectivity index (χ0n) is 9.78. The lowest BCUT2D eigenvalue weighted by Crippen LogP contribution is -2.44. The molecule has 0 saturated carbocycles. The van der Waals surface area contributed by atoms with Crippen LogP contribution in [0.15, 0.2) is 0 Å². The molecular formula is C11H20N2O2S. The monoisotopic (exact) mass is 244 g/mol. The van der Waals surface area contributed by atoms with E-state index in [1.165, 1.54) is 0 Å². The fourth-order valence-electron chi connectivity index (χ4n) is 2.14. The van der Waals surface area contributed by atoms with E-state index in [9.17, 15) is 4.79 Å². The molecular weight excluding hydrogens is 224 g/mol. The highest BCUT2D eigenvalue weighted by Gasteiger charge is 2.26. The van der Waals surface area contributed by atoms with Gasteiger partial charge in [-0.2, -0.15) is 11.8 Å². The predicted molar refractivity (Wildman–Crippen MR) is 65.7 cm³/mol. The van der Waals surface area contributed by atoms with E-state index in [-0.39, 0.29) is 5.91 Å². The number of rotatable bonds is 3. The Bertz CT molecular complexity index is 238. The number of amides is 1. The molecule has 2 unspecified atom stereocenters. The van der Waals surface area contributed by atoms with Gasteiger partial charge in [-0.05, 0) is 6.42 Å². The number of ether oxygens (including phenoxy) is 1. The molecule has 2 aliphatic heterocycles. The third kappa shape index (κ3) is 3.12. The summed E-state index contributed by atoms with van der Waals surface area (Å²) in [5.74, 6) is 2.47. The lowest BCUT2D eigenvalue weighted by atomic mass is 10.1. The Labute approximate surface area is 101 Å². The van der Waals surface area contributed by atoms with Crippen LogP contribution in [0.4, 0.5) is 0 Å². The van der Waals surface area contributed by atoms with Gasteiger partial charge in [-0.3, -0.25) is 4.79 Å². The molecule has 16 heavy (non-hydrogen) atoms. The first-order chi connectivity index (χ1) is 7.77. The number of nitrogens with one attached hydrogen (secondary N) is 1. The van der Waals surface area contributed by atoms with Crippen molar-refractivity contribution in [3.8, 4) is 0 Å². The van der Waals surface area contributed by atoms with E-state index in [1.807, 2.05) is 23.7 Å². The highest BCUT2D eigenvalue weighted by atomic mass is 32.2. The molecule has 0 aromatic carbocycles. The Morgan fingerprint density at radius 1 is 1.62 bits per heavy atom. The second-order valence-corrected chi connectivity index (χ2v) is 5.60. The fourth-order valence-corrected chi connectivity index (χ4v) is 3.09. The Balaban J connectivity index is 1.77. The van der Waals surface area contributed by atoms with E-state index < -0.39 is 0 Å². The van der Waals surface area contributed by atoms with Crippen molar-refractivity contribution in [2.24, 2.45) is 0 Å². The van der Waals surface area contributed by atoms with Crippen molar-refractivity contribution in [3.05, 3.63) is 0 Å². The zero-order valence-corrected chi connectivity index (χ0v) is 10.6. The highest BCUT2D eigenvalue weighted by Crippen LogP contribution is 2.15. The van der Waals surface area contributed by atoms with Gasteiger partial charge in [0.25, 0.3) is 0 Å². The molecule has 92 valence electrons. The highest BCUT2D eigenvalue weighted by molar-refractivity contribution is 7.99. The Hall–Kier alpha value is -0.260. The maximum absolute atomic E-state index is 12.0. The van der Waals surface area contributed by atoms with Crippen molar-refractivity contribution in [2.45, 2.75) is 24.9 Å². The topological polar surface area (TPSA) is 41.6 Å². The van der Waals surface area contributed by atoms with Crippen molar-refractivity contribution in [2.75, 3.05) is 38.3 Å². The summed E-state index contributed by atoms with van der Waals surface area (Å²) in [5, 5.41) is 3.40. The summed E-state index contributed by atoms with van der Waals surface area (Å²) in [6.45, 7) is 2.52. The molecule has 0 bridgehead atoms. The summed E-state index contributed by atoms with van der Waals surface area (Å²) in [6, 6.07) is 0.653. The molecule has 0 radical (unpaired) electrons. The van der Waals surface area contributed by atoms with Crippen LogP contribution < -0.4 is 5.32 Å². The van der Waals surface area contributed by atoms with E-state index in [1.54, 1.807) is 0 Å². The molecule has 2 rings (SSSR count). The number of nitrogens with zero attached hydrogens (tertiary/aromatic N) is 1. The van der Waals surface area contributed by atoms with Crippen molar-refractivity contribution in [1.82, 2.24) is 10.2 Å². The van der Waals surface area contributed by atoms with Gasteiger partial charge in [-0.1, -0.05) is 0 Å². The van der Waals surface area contributed by atoms with E-state index in [0.717, 1.165) is 31.1 Å². The standard InChI is InChI=1S/C11H20N2O2S/c1-13(10-2-4-15-7-10)11(14)6-9-8-16-5-3-12-9/h9-10,12H,2-8H2,1H3. The number of carbonyl (C=O) groups is 1. The maximum atomic E-state index is 12.0. The third-order valence-corrected chi connectivity index (χ3v) is 4.40. The van der Waals surface area contributed by atoms with Crippen LogP contribution >= 0.6 is 11.8 Å². The van der Waals surface area contributed by atoms with Gasteiger partial charge in [0, 0.05) is 44.2 Å². The Morgan fingerprint density at radius 2 is 2.50 bits per heavy atom. The maximum Gasteiger partial charge on any atom is 0.224 e. The Morgan fingerprint density at radius 3 is 3.12 bits per heavy atom. The lowest BCUT2D eigenvalue weighted by Gasteiger charge is -2.27. The van der Waals surface area contributed by atoms with Crippen molar-refractivity contribution in [3.63, 3.8) is 0 Å². The molecule has 2 atom stereocenters. The molecule has 0 spiro atoms. The minimum absolute atomic E-state index is 0.246. The van der Waals surface area contributed by atoms with Gasteiger partial charge < -0.3 is 15.0 Å². The van der Waals surface area contributed by atoms with Gasteiger partial charge in [-0.15, -0.1) is 0 Å². The summed E-state index contributed by atoms with van der Waals surface area (Å²) in [5.41, 5.74) is 0. The minimum Gasteiger partial charge on any atom is -0.379 e. The quantitative estimate of drug-likeness (QED) is 0.777. The minimum atomic E-state index is 0.246. The number of carbonyl (C=O) groups excluding carboxylic acids is 1. The van der Waals surface area contributed by atoms with E-state index in [2.05, 4.69) is 5.32 Å². The molecule has 2 aliphatic rings. The average molecular weight is 244 g/mol. The van der Waals surface area contributed by atoms with Gasteiger partial charge in [-0.25, -0.2) is 0 Å². The average Bonchev–Trinajstić information content (AvgIpc) is 2.83. The second kappa shape index (κ2) is 5.89. The molecule has 2 saturated heterocycles. The lowest BCUT2D eigenvalue weighted by molar-refractivity contribution is -0.132. The molecule has 0 aromatic rings. The van der Waals surface area contributed by atoms with E-state index >= 15 is 0 Å². The van der Waals surface area contributed by atoms with Crippen LogP contribution in [-0.2, 0) is 9.53 Å². The molecule has 0 aromatic heterocycles. The first kappa shape index (κ1) is 12.2. The van der Waals surface area contributed by atoms with Crippen molar-refractivity contribution >= 4 is 17.7 Å². The fraction of sp³-hybridized carbons (Fsp3) is 0.909. The summed E-state index contributed by atoms with van der Waals surface area (Å²) in [4.78, 5) is 13.9. The van der Waals surface area contributed by atoms with Crippen LogP contribution in [0.25, 0.3) is 0 Å². The predicted octanol–water partition coefficient (Wildman–Crippen LogP) is 0.329. The smallest absolute Gasteiger partial charge is 0.224 e. The molecule has 5 heteroatoms. The van der Waals surface area contributed by atoms with Gasteiger partial charge in [0.1, 0.15) is 0 Å². The molecule has 2 fully saturated rings. The van der Waals surface area contributed by atoms with Gasteiger partial charge in [0.2, 0.25) is 5.91 Å². The normalized spacial score (nSPS) is 30.3. The summed E-state index contributed by atoms with van der Waals surface area (Å²) in [7, 11) is 1.90. The largest absolute Gasteiger partial charge is 0.379 e.